The van der Waals surface area contributed by atoms with Crippen molar-refractivity contribution in [3.63, 3.8) is 0 Å². The second kappa shape index (κ2) is 9.76. The van der Waals surface area contributed by atoms with Gasteiger partial charge in [0.15, 0.2) is 0 Å². The van der Waals surface area contributed by atoms with Crippen molar-refractivity contribution in [1.82, 2.24) is 10.2 Å². The van der Waals surface area contributed by atoms with Gasteiger partial charge in [0.05, 0.1) is 6.04 Å². The van der Waals surface area contributed by atoms with E-state index in [4.69, 9.17) is 0 Å². The summed E-state index contributed by atoms with van der Waals surface area (Å²) in [7, 11) is 0. The van der Waals surface area contributed by atoms with Crippen molar-refractivity contribution in [3.8, 4) is 0 Å². The van der Waals surface area contributed by atoms with Crippen LogP contribution in [0, 0.1) is 29.1 Å². The highest BCUT2D eigenvalue weighted by atomic mass is 19.1. The normalized spacial score (nSPS) is 28.5. The van der Waals surface area contributed by atoms with E-state index in [-0.39, 0.29) is 29.1 Å². The maximum atomic E-state index is 13.4. The minimum Gasteiger partial charge on any atom is -0.341 e. The fraction of sp³-hybridized carbons (Fsp3) is 0.760. The van der Waals surface area contributed by atoms with Crippen molar-refractivity contribution in [2.75, 3.05) is 19.6 Å². The molecule has 0 aromatic heterocycles. The minimum atomic E-state index is -0.179. The molecule has 2 aliphatic carbocycles. The molecule has 0 radical (unpaired) electrons. The van der Waals surface area contributed by atoms with Gasteiger partial charge in [0.2, 0.25) is 5.91 Å². The van der Waals surface area contributed by atoms with Crippen LogP contribution in [0.1, 0.15) is 66.2 Å². The van der Waals surface area contributed by atoms with Gasteiger partial charge in [-0.1, -0.05) is 33.8 Å². The van der Waals surface area contributed by atoms with Crippen molar-refractivity contribution in [3.05, 3.63) is 24.1 Å². The third kappa shape index (κ3) is 5.60. The summed E-state index contributed by atoms with van der Waals surface area (Å²) in [6, 6.07) is -0.179. The van der Waals surface area contributed by atoms with Crippen molar-refractivity contribution >= 4 is 11.7 Å². The highest BCUT2D eigenvalue weighted by molar-refractivity contribution is 5.82. The number of hydrogen-bond donors (Lipinski definition) is 1. The van der Waals surface area contributed by atoms with Gasteiger partial charge in [-0.25, -0.2) is 4.39 Å². The van der Waals surface area contributed by atoms with Crippen LogP contribution in [0.25, 0.3) is 0 Å². The molecule has 0 aromatic carbocycles. The number of likely N-dealkylation sites (tertiary alicyclic amines) is 1. The molecule has 168 valence electrons. The first-order chi connectivity index (χ1) is 14.2. The number of nitrogens with one attached hydrogen (secondary N) is 1. The van der Waals surface area contributed by atoms with Crippen LogP contribution in [0.3, 0.4) is 0 Å². The van der Waals surface area contributed by atoms with Gasteiger partial charge in [-0.15, -0.1) is 0 Å². The number of carbonyl (C=O) groups is 2. The predicted molar refractivity (Wildman–Crippen MR) is 118 cm³/mol. The number of Topliss-reactive ketones (excluding diaryl/α,β-unsaturated/α-hetero) is 1. The Balaban J connectivity index is 1.58. The fourth-order valence-electron chi connectivity index (χ4n) is 5.57. The molecule has 2 fully saturated rings. The largest absolute Gasteiger partial charge is 0.341 e. The fourth-order valence-corrected chi connectivity index (χ4v) is 5.57. The lowest BCUT2D eigenvalue weighted by Gasteiger charge is -2.48. The summed E-state index contributed by atoms with van der Waals surface area (Å²) >= 11 is 0. The van der Waals surface area contributed by atoms with E-state index in [1.165, 1.54) is 0 Å². The van der Waals surface area contributed by atoms with Crippen molar-refractivity contribution in [2.45, 2.75) is 72.3 Å². The first-order valence-electron chi connectivity index (χ1n) is 11.7. The Bertz CT molecular complexity index is 687. The number of allylic oxidation sites excluding steroid dienone is 4. The minimum absolute atomic E-state index is 0.00413. The maximum Gasteiger partial charge on any atom is 0.239 e. The molecule has 3 atom stereocenters. The Morgan fingerprint density at radius 1 is 1.27 bits per heavy atom. The standard InChI is InChI=1S/C25H39FN2O2/c1-17(2)23(27-15-18-5-11-21(29)12-6-18)24(30)28-14-13-22(25(3,4)16-28)19-7-9-20(26)10-8-19/h7,9-10,17-19,22-23,27H,5-6,8,11-16H2,1-4H3/t19?,22?,23-/m1/s1. The van der Waals surface area contributed by atoms with E-state index in [1.54, 1.807) is 12.2 Å². The Morgan fingerprint density at radius 3 is 2.53 bits per heavy atom. The molecule has 1 saturated heterocycles. The van der Waals surface area contributed by atoms with Crippen LogP contribution in [-0.4, -0.2) is 42.3 Å². The number of halogens is 1. The van der Waals surface area contributed by atoms with Crippen LogP contribution in [0.4, 0.5) is 4.39 Å². The monoisotopic (exact) mass is 418 g/mol. The molecule has 1 N–H and O–H groups in total. The molecule has 3 rings (SSSR count). The number of rotatable bonds is 6. The average molecular weight is 419 g/mol. The second-order valence-electron chi connectivity index (χ2n) is 10.6. The van der Waals surface area contributed by atoms with E-state index in [9.17, 15) is 14.0 Å². The molecule has 1 saturated carbocycles. The lowest BCUT2D eigenvalue weighted by atomic mass is 9.66. The van der Waals surface area contributed by atoms with Crippen molar-refractivity contribution < 1.29 is 14.0 Å². The van der Waals surface area contributed by atoms with Crippen LogP contribution >= 0.6 is 0 Å². The summed E-state index contributed by atoms with van der Waals surface area (Å²) in [4.78, 5) is 26.9. The van der Waals surface area contributed by atoms with Gasteiger partial charge in [0.25, 0.3) is 0 Å². The zero-order valence-corrected chi connectivity index (χ0v) is 19.1. The van der Waals surface area contributed by atoms with E-state index in [2.05, 4.69) is 33.0 Å². The Hall–Kier alpha value is -1.49. The van der Waals surface area contributed by atoms with Crippen molar-refractivity contribution in [2.24, 2.45) is 29.1 Å². The van der Waals surface area contributed by atoms with Crippen molar-refractivity contribution in [1.29, 1.82) is 0 Å². The van der Waals surface area contributed by atoms with Gasteiger partial charge < -0.3 is 10.2 Å². The van der Waals surface area contributed by atoms with Crippen LogP contribution in [-0.2, 0) is 9.59 Å². The molecule has 0 spiro atoms. The predicted octanol–water partition coefficient (Wildman–Crippen LogP) is 4.66. The van der Waals surface area contributed by atoms with E-state index in [0.29, 0.717) is 36.4 Å². The van der Waals surface area contributed by atoms with E-state index in [1.807, 2.05) is 11.0 Å². The van der Waals surface area contributed by atoms with Gasteiger partial charge in [-0.2, -0.15) is 0 Å². The number of nitrogens with zero attached hydrogens (tertiary/aromatic N) is 1. The van der Waals surface area contributed by atoms with E-state index < -0.39 is 0 Å². The molecule has 5 heteroatoms. The molecule has 0 bridgehead atoms. The number of ketones is 1. The number of hydrogen-bond acceptors (Lipinski definition) is 3. The van der Waals surface area contributed by atoms with E-state index in [0.717, 1.165) is 45.3 Å². The molecule has 1 amide bonds. The zero-order valence-electron chi connectivity index (χ0n) is 19.1. The number of piperidine rings is 1. The molecule has 1 aliphatic heterocycles. The van der Waals surface area contributed by atoms with Crippen LogP contribution in [0.5, 0.6) is 0 Å². The van der Waals surface area contributed by atoms with Gasteiger partial charge in [0.1, 0.15) is 11.6 Å². The molecule has 1 heterocycles. The smallest absolute Gasteiger partial charge is 0.239 e. The third-order valence-electron chi connectivity index (χ3n) is 7.45. The zero-order chi connectivity index (χ0) is 21.9. The van der Waals surface area contributed by atoms with Gasteiger partial charge >= 0.3 is 0 Å². The lowest BCUT2D eigenvalue weighted by Crippen LogP contribution is -2.56. The van der Waals surface area contributed by atoms with Crippen LogP contribution in [0.15, 0.2) is 24.1 Å². The Kier molecular flexibility index (Phi) is 7.54. The van der Waals surface area contributed by atoms with Gasteiger partial charge in [-0.3, -0.25) is 9.59 Å². The molecule has 4 nitrogen and oxygen atoms in total. The first kappa shape index (κ1) is 23.2. The quantitative estimate of drug-likeness (QED) is 0.682. The summed E-state index contributed by atoms with van der Waals surface area (Å²) in [6.45, 7) is 11.0. The lowest BCUT2D eigenvalue weighted by molar-refractivity contribution is -0.140. The van der Waals surface area contributed by atoms with Gasteiger partial charge in [-0.05, 0) is 73.5 Å². The SMILES string of the molecule is CC(C)[C@@H](NCC1CCC(=O)CC1)C(=O)N1CCC(C2C=CC(F)=CC2)C(C)(C)C1. The molecule has 2 unspecified atom stereocenters. The molecule has 0 aromatic rings. The summed E-state index contributed by atoms with van der Waals surface area (Å²) in [6.07, 6.45) is 10.3. The second-order valence-corrected chi connectivity index (χ2v) is 10.6. The van der Waals surface area contributed by atoms with E-state index >= 15 is 0 Å². The van der Waals surface area contributed by atoms with Gasteiger partial charge in [0, 0.05) is 25.9 Å². The Morgan fingerprint density at radius 2 is 1.97 bits per heavy atom. The summed E-state index contributed by atoms with van der Waals surface area (Å²) in [5.41, 5.74) is -0.00413. The van der Waals surface area contributed by atoms with Crippen LogP contribution < -0.4 is 5.32 Å². The maximum absolute atomic E-state index is 13.4. The summed E-state index contributed by atoms with van der Waals surface area (Å²) in [5.74, 6) is 1.96. The Labute approximate surface area is 181 Å². The molecular weight excluding hydrogens is 379 g/mol. The highest BCUT2D eigenvalue weighted by Crippen LogP contribution is 2.43. The number of carbonyl (C=O) groups excluding carboxylic acids is 2. The molecule has 3 aliphatic rings. The summed E-state index contributed by atoms with van der Waals surface area (Å²) < 4.78 is 13.4. The topological polar surface area (TPSA) is 49.4 Å². The number of amides is 1. The molecular formula is C25H39FN2O2. The molecule has 30 heavy (non-hydrogen) atoms. The average Bonchev–Trinajstić information content (AvgIpc) is 2.69. The highest BCUT2D eigenvalue weighted by Gasteiger charge is 2.42. The van der Waals surface area contributed by atoms with Crippen LogP contribution in [0.2, 0.25) is 0 Å². The third-order valence-corrected chi connectivity index (χ3v) is 7.45. The first-order valence-corrected chi connectivity index (χ1v) is 11.7. The summed E-state index contributed by atoms with van der Waals surface area (Å²) in [5, 5.41) is 3.54.